The largest absolute Gasteiger partial charge is 0.374 e. The van der Waals surface area contributed by atoms with Gasteiger partial charge in [-0.2, -0.15) is 0 Å². The lowest BCUT2D eigenvalue weighted by Crippen LogP contribution is -2.35. The van der Waals surface area contributed by atoms with Gasteiger partial charge in [-0.3, -0.25) is 9.59 Å². The van der Waals surface area contributed by atoms with Crippen molar-refractivity contribution in [3.8, 4) is 0 Å². The molecule has 0 radical (unpaired) electrons. The van der Waals surface area contributed by atoms with Crippen molar-refractivity contribution in [3.63, 3.8) is 0 Å². The maximum absolute atomic E-state index is 12.6. The molecule has 0 aromatic carbocycles. The van der Waals surface area contributed by atoms with Crippen LogP contribution in [0.25, 0.3) is 0 Å². The maximum atomic E-state index is 12.6. The van der Waals surface area contributed by atoms with Crippen molar-refractivity contribution >= 4 is 11.6 Å². The lowest BCUT2D eigenvalue weighted by molar-refractivity contribution is -0.124. The van der Waals surface area contributed by atoms with Gasteiger partial charge in [0.25, 0.3) is 0 Å². The Labute approximate surface area is 160 Å². The molecule has 1 unspecified atom stereocenters. The number of carbonyl (C=O) groups is 2. The van der Waals surface area contributed by atoms with Crippen molar-refractivity contribution in [1.29, 1.82) is 0 Å². The number of allylic oxidation sites excluding steroid dienone is 1. The Morgan fingerprint density at radius 1 is 0.885 bits per heavy atom. The van der Waals surface area contributed by atoms with E-state index in [9.17, 15) is 9.59 Å². The fraction of sp³-hybridized carbons (Fsp3) is 0.826. The first kappa shape index (κ1) is 21.2. The molecule has 0 heterocycles. The van der Waals surface area contributed by atoms with E-state index in [1.165, 1.54) is 38.5 Å². The minimum atomic E-state index is 0.222. The highest BCUT2D eigenvalue weighted by molar-refractivity contribution is 5.91. The highest BCUT2D eigenvalue weighted by Crippen LogP contribution is 2.26. The summed E-state index contributed by atoms with van der Waals surface area (Å²) in [4.78, 5) is 27.3. The van der Waals surface area contributed by atoms with Gasteiger partial charge in [-0.05, 0) is 44.6 Å². The monoisotopic (exact) mass is 361 g/mol. The average molecular weight is 362 g/mol. The number of carbonyl (C=O) groups excluding carboxylic acids is 2. The minimum absolute atomic E-state index is 0.222. The lowest BCUT2D eigenvalue weighted by Gasteiger charge is -2.31. The quantitative estimate of drug-likeness (QED) is 0.506. The summed E-state index contributed by atoms with van der Waals surface area (Å²) in [6.07, 6.45) is 16.0. The van der Waals surface area contributed by atoms with Crippen LogP contribution in [0.5, 0.6) is 0 Å². The third-order valence-corrected chi connectivity index (χ3v) is 6.60. The van der Waals surface area contributed by atoms with E-state index < -0.39 is 0 Å². The minimum Gasteiger partial charge on any atom is -0.374 e. The van der Waals surface area contributed by atoms with E-state index in [1.807, 2.05) is 6.20 Å². The predicted molar refractivity (Wildman–Crippen MR) is 108 cm³/mol. The third-order valence-electron chi connectivity index (χ3n) is 6.60. The van der Waals surface area contributed by atoms with Crippen LogP contribution in [0, 0.1) is 17.8 Å². The second kappa shape index (κ2) is 10.9. The van der Waals surface area contributed by atoms with Gasteiger partial charge in [0.15, 0.2) is 5.78 Å². The van der Waals surface area contributed by atoms with Crippen molar-refractivity contribution in [1.82, 2.24) is 4.90 Å². The van der Waals surface area contributed by atoms with Gasteiger partial charge in [-0.1, -0.05) is 52.4 Å². The highest BCUT2D eigenvalue weighted by Gasteiger charge is 2.23. The number of rotatable bonds is 9. The molecular formula is C23H39NO2. The van der Waals surface area contributed by atoms with Crippen LogP contribution >= 0.6 is 0 Å². The van der Waals surface area contributed by atoms with Crippen molar-refractivity contribution in [3.05, 3.63) is 12.3 Å². The van der Waals surface area contributed by atoms with Crippen LogP contribution in [-0.4, -0.2) is 29.1 Å². The molecule has 2 fully saturated rings. The predicted octanol–water partition coefficient (Wildman–Crippen LogP) is 5.54. The summed E-state index contributed by atoms with van der Waals surface area (Å²) in [5.41, 5.74) is 0. The fourth-order valence-electron chi connectivity index (χ4n) is 4.36. The zero-order chi connectivity index (χ0) is 18.9. The number of hydrogen-bond acceptors (Lipinski definition) is 3. The molecule has 0 saturated heterocycles. The fourth-order valence-corrected chi connectivity index (χ4v) is 4.36. The lowest BCUT2D eigenvalue weighted by atomic mass is 9.85. The molecule has 2 rings (SSSR count). The summed E-state index contributed by atoms with van der Waals surface area (Å²) in [5, 5.41) is 0. The van der Waals surface area contributed by atoms with Gasteiger partial charge in [0, 0.05) is 37.0 Å². The van der Waals surface area contributed by atoms with Crippen LogP contribution in [0.4, 0.5) is 0 Å². The van der Waals surface area contributed by atoms with Crippen molar-refractivity contribution in [2.75, 3.05) is 6.54 Å². The van der Waals surface area contributed by atoms with E-state index in [4.69, 9.17) is 0 Å². The van der Waals surface area contributed by atoms with Crippen LogP contribution in [0.1, 0.15) is 91.4 Å². The first-order valence-electron chi connectivity index (χ1n) is 11.0. The van der Waals surface area contributed by atoms with Crippen LogP contribution in [0.3, 0.4) is 0 Å². The first-order valence-corrected chi connectivity index (χ1v) is 11.0. The Balaban J connectivity index is 1.90. The smallest absolute Gasteiger partial charge is 0.160 e. The summed E-state index contributed by atoms with van der Waals surface area (Å²) in [7, 11) is 0. The zero-order valence-electron chi connectivity index (χ0n) is 17.2. The van der Waals surface area contributed by atoms with E-state index in [1.54, 1.807) is 6.08 Å². The molecule has 0 aliphatic heterocycles. The van der Waals surface area contributed by atoms with E-state index in [0.717, 1.165) is 32.2 Å². The Morgan fingerprint density at radius 2 is 1.42 bits per heavy atom. The van der Waals surface area contributed by atoms with Gasteiger partial charge in [0.2, 0.25) is 0 Å². The van der Waals surface area contributed by atoms with Crippen LogP contribution in [0.2, 0.25) is 0 Å². The SMILES string of the molecule is CC(C)C(C)N(/C=C/C(=O)C1CCCCC1)CCC(=O)C1CCCCC1. The Morgan fingerprint density at radius 3 is 1.96 bits per heavy atom. The molecule has 3 nitrogen and oxygen atoms in total. The topological polar surface area (TPSA) is 37.4 Å². The number of hydrogen-bond donors (Lipinski definition) is 0. The van der Waals surface area contributed by atoms with E-state index >= 15 is 0 Å². The second-order valence-electron chi connectivity index (χ2n) is 8.83. The number of nitrogens with zero attached hydrogens (tertiary/aromatic N) is 1. The molecule has 0 amide bonds. The zero-order valence-corrected chi connectivity index (χ0v) is 17.2. The molecule has 0 aromatic rings. The molecule has 2 aliphatic rings. The van der Waals surface area contributed by atoms with E-state index in [0.29, 0.717) is 24.2 Å². The Hall–Kier alpha value is -1.12. The normalized spacial score (nSPS) is 21.2. The third kappa shape index (κ3) is 6.55. The molecule has 0 bridgehead atoms. The van der Waals surface area contributed by atoms with Gasteiger partial charge in [0.1, 0.15) is 5.78 Å². The van der Waals surface area contributed by atoms with E-state index in [-0.39, 0.29) is 17.6 Å². The van der Waals surface area contributed by atoms with Gasteiger partial charge in [-0.15, -0.1) is 0 Å². The van der Waals surface area contributed by atoms with E-state index in [2.05, 4.69) is 25.7 Å². The van der Waals surface area contributed by atoms with Crippen LogP contribution in [0.15, 0.2) is 12.3 Å². The molecule has 2 aliphatic carbocycles. The summed E-state index contributed by atoms with van der Waals surface area (Å²) in [6.45, 7) is 7.35. The summed E-state index contributed by atoms with van der Waals surface area (Å²) in [5.74, 6) is 1.71. The Kier molecular flexibility index (Phi) is 8.87. The molecule has 1 atom stereocenters. The Bertz CT molecular complexity index is 471. The summed E-state index contributed by atoms with van der Waals surface area (Å²) >= 11 is 0. The van der Waals surface area contributed by atoms with Crippen LogP contribution < -0.4 is 0 Å². The van der Waals surface area contributed by atoms with Gasteiger partial charge < -0.3 is 4.90 Å². The molecule has 0 spiro atoms. The number of Topliss-reactive ketones (excluding diaryl/α,β-unsaturated/α-hetero) is 1. The molecular weight excluding hydrogens is 322 g/mol. The van der Waals surface area contributed by atoms with Crippen LogP contribution in [-0.2, 0) is 9.59 Å². The van der Waals surface area contributed by atoms with Gasteiger partial charge in [0.05, 0.1) is 0 Å². The maximum Gasteiger partial charge on any atom is 0.160 e. The highest BCUT2D eigenvalue weighted by atomic mass is 16.1. The molecule has 0 aromatic heterocycles. The van der Waals surface area contributed by atoms with Gasteiger partial charge in [-0.25, -0.2) is 0 Å². The van der Waals surface area contributed by atoms with Crippen molar-refractivity contribution < 1.29 is 9.59 Å². The molecule has 3 heteroatoms. The van der Waals surface area contributed by atoms with Crippen molar-refractivity contribution in [2.24, 2.45) is 17.8 Å². The standard InChI is InChI=1S/C23H39NO2/c1-18(2)19(3)24(16-14-22(25)20-10-6-4-7-11-20)17-15-23(26)21-12-8-5-9-13-21/h14,16,18-21H,4-13,15,17H2,1-3H3/b16-14+. The average Bonchev–Trinajstić information content (AvgIpc) is 2.68. The summed E-state index contributed by atoms with van der Waals surface area (Å²) < 4.78 is 0. The molecule has 26 heavy (non-hydrogen) atoms. The second-order valence-corrected chi connectivity index (χ2v) is 8.83. The van der Waals surface area contributed by atoms with Crippen molar-refractivity contribution in [2.45, 2.75) is 97.4 Å². The first-order chi connectivity index (χ1) is 12.5. The molecule has 2 saturated carbocycles. The molecule has 0 N–H and O–H groups in total. The number of ketones is 2. The van der Waals surface area contributed by atoms with Gasteiger partial charge >= 0.3 is 0 Å². The summed E-state index contributed by atoms with van der Waals surface area (Å²) in [6, 6.07) is 0.338. The molecule has 148 valence electrons.